The monoisotopic (exact) mass is 302 g/mol. The Morgan fingerprint density at radius 2 is 1.64 bits per heavy atom. The minimum absolute atomic E-state index is 0.415. The summed E-state index contributed by atoms with van der Waals surface area (Å²) in [5.41, 5.74) is 1.77. The second-order valence-corrected chi connectivity index (χ2v) is 5.03. The van der Waals surface area contributed by atoms with Gasteiger partial charge in [-0.3, -0.25) is 0 Å². The summed E-state index contributed by atoms with van der Waals surface area (Å²) in [7, 11) is 0. The molecule has 0 unspecified atom stereocenters. The van der Waals surface area contributed by atoms with Crippen LogP contribution in [0.4, 0.5) is 13.2 Å². The van der Waals surface area contributed by atoms with E-state index in [1.807, 2.05) is 19.1 Å². The van der Waals surface area contributed by atoms with Crippen LogP contribution in [0, 0.1) is 6.92 Å². The standard InChI is InChI=1S/C17H13F3N2/c1-12-6-5-9-14(10-12)22-15(13-7-3-2-4-8-13)11-16(21-22)17(18,19)20/h2-11H,1H3. The Kier molecular flexibility index (Phi) is 3.48. The zero-order chi connectivity index (χ0) is 15.7. The van der Waals surface area contributed by atoms with Crippen LogP contribution in [0.2, 0.25) is 0 Å². The Morgan fingerprint density at radius 3 is 2.27 bits per heavy atom. The molecule has 22 heavy (non-hydrogen) atoms. The first-order valence-electron chi connectivity index (χ1n) is 6.75. The van der Waals surface area contributed by atoms with Gasteiger partial charge in [0.1, 0.15) is 0 Å². The van der Waals surface area contributed by atoms with Crippen LogP contribution in [0.25, 0.3) is 16.9 Å². The van der Waals surface area contributed by atoms with Crippen LogP contribution in [0.15, 0.2) is 60.7 Å². The maximum Gasteiger partial charge on any atom is 0.435 e. The van der Waals surface area contributed by atoms with Gasteiger partial charge in [0.15, 0.2) is 5.69 Å². The quantitative estimate of drug-likeness (QED) is 0.660. The summed E-state index contributed by atoms with van der Waals surface area (Å²) >= 11 is 0. The molecule has 0 bridgehead atoms. The summed E-state index contributed by atoms with van der Waals surface area (Å²) < 4.78 is 40.4. The molecule has 112 valence electrons. The first-order chi connectivity index (χ1) is 10.4. The highest BCUT2D eigenvalue weighted by Gasteiger charge is 2.35. The van der Waals surface area contributed by atoms with E-state index in [0.717, 1.165) is 11.6 Å². The number of nitrogens with zero attached hydrogens (tertiary/aromatic N) is 2. The fourth-order valence-electron chi connectivity index (χ4n) is 2.29. The molecule has 1 aromatic heterocycles. The van der Waals surface area contributed by atoms with E-state index in [1.54, 1.807) is 42.5 Å². The number of hydrogen-bond donors (Lipinski definition) is 0. The number of hydrogen-bond acceptors (Lipinski definition) is 1. The minimum atomic E-state index is -4.47. The first kappa shape index (κ1) is 14.4. The molecular formula is C17H13F3N2. The molecule has 1 heterocycles. The number of benzene rings is 2. The molecule has 0 saturated heterocycles. The zero-order valence-electron chi connectivity index (χ0n) is 11.8. The van der Waals surface area contributed by atoms with Crippen molar-refractivity contribution in [3.8, 4) is 16.9 Å². The summed E-state index contributed by atoms with van der Waals surface area (Å²) in [5.74, 6) is 0. The summed E-state index contributed by atoms with van der Waals surface area (Å²) in [6, 6.07) is 17.2. The van der Waals surface area contributed by atoms with Gasteiger partial charge in [0.25, 0.3) is 0 Å². The summed E-state index contributed by atoms with van der Waals surface area (Å²) in [4.78, 5) is 0. The average Bonchev–Trinajstić information content (AvgIpc) is 2.93. The van der Waals surface area contributed by atoms with Gasteiger partial charge in [-0.15, -0.1) is 0 Å². The molecule has 0 fully saturated rings. The number of aromatic nitrogens is 2. The molecule has 2 nitrogen and oxygen atoms in total. The second kappa shape index (κ2) is 5.33. The van der Waals surface area contributed by atoms with E-state index < -0.39 is 11.9 Å². The van der Waals surface area contributed by atoms with Crippen LogP contribution < -0.4 is 0 Å². The highest BCUT2D eigenvalue weighted by atomic mass is 19.4. The van der Waals surface area contributed by atoms with Crippen molar-refractivity contribution in [2.45, 2.75) is 13.1 Å². The number of alkyl halides is 3. The van der Waals surface area contributed by atoms with Crippen molar-refractivity contribution >= 4 is 0 Å². The van der Waals surface area contributed by atoms with Crippen LogP contribution in [-0.2, 0) is 6.18 Å². The second-order valence-electron chi connectivity index (χ2n) is 5.03. The summed E-state index contributed by atoms with van der Waals surface area (Å²) in [6.07, 6.45) is -4.47. The molecule has 0 aliphatic carbocycles. The Balaban J connectivity index is 2.22. The molecule has 5 heteroatoms. The van der Waals surface area contributed by atoms with Crippen LogP contribution in [0.1, 0.15) is 11.3 Å². The molecule has 0 aliphatic heterocycles. The smallest absolute Gasteiger partial charge is 0.232 e. The van der Waals surface area contributed by atoms with E-state index in [9.17, 15) is 13.2 Å². The Hall–Kier alpha value is -2.56. The maximum atomic E-state index is 13.0. The fraction of sp³-hybridized carbons (Fsp3) is 0.118. The lowest BCUT2D eigenvalue weighted by molar-refractivity contribution is -0.141. The molecule has 0 spiro atoms. The molecule has 2 aromatic carbocycles. The van der Waals surface area contributed by atoms with Gasteiger partial charge in [0.05, 0.1) is 11.4 Å². The van der Waals surface area contributed by atoms with E-state index in [2.05, 4.69) is 5.10 Å². The molecule has 0 N–H and O–H groups in total. The van der Waals surface area contributed by atoms with Crippen molar-refractivity contribution in [3.63, 3.8) is 0 Å². The third-order valence-electron chi connectivity index (χ3n) is 3.32. The largest absolute Gasteiger partial charge is 0.435 e. The van der Waals surface area contributed by atoms with Crippen molar-refractivity contribution in [1.82, 2.24) is 9.78 Å². The van der Waals surface area contributed by atoms with Gasteiger partial charge in [0.2, 0.25) is 0 Å². The number of rotatable bonds is 2. The van der Waals surface area contributed by atoms with Gasteiger partial charge in [0, 0.05) is 5.56 Å². The molecule has 0 amide bonds. The predicted molar refractivity (Wildman–Crippen MR) is 78.7 cm³/mol. The van der Waals surface area contributed by atoms with Gasteiger partial charge in [-0.25, -0.2) is 4.68 Å². The third kappa shape index (κ3) is 2.74. The van der Waals surface area contributed by atoms with E-state index in [-0.39, 0.29) is 0 Å². The Bertz CT molecular complexity index is 789. The van der Waals surface area contributed by atoms with Gasteiger partial charge >= 0.3 is 6.18 Å². The van der Waals surface area contributed by atoms with Gasteiger partial charge in [-0.1, -0.05) is 42.5 Å². The van der Waals surface area contributed by atoms with Crippen molar-refractivity contribution < 1.29 is 13.2 Å². The van der Waals surface area contributed by atoms with E-state index in [0.29, 0.717) is 16.9 Å². The third-order valence-corrected chi connectivity index (χ3v) is 3.32. The van der Waals surface area contributed by atoms with Gasteiger partial charge in [-0.2, -0.15) is 18.3 Å². The van der Waals surface area contributed by atoms with Crippen LogP contribution in [-0.4, -0.2) is 9.78 Å². The SMILES string of the molecule is Cc1cccc(-n2nc(C(F)(F)F)cc2-c2ccccc2)c1. The van der Waals surface area contributed by atoms with Crippen LogP contribution in [0.3, 0.4) is 0 Å². The van der Waals surface area contributed by atoms with Crippen molar-refractivity contribution in [2.75, 3.05) is 0 Å². The lowest BCUT2D eigenvalue weighted by atomic mass is 10.1. The minimum Gasteiger partial charge on any atom is -0.232 e. The van der Waals surface area contributed by atoms with Crippen molar-refractivity contribution in [1.29, 1.82) is 0 Å². The topological polar surface area (TPSA) is 17.8 Å². The zero-order valence-corrected chi connectivity index (χ0v) is 11.8. The number of aryl methyl sites for hydroxylation is 1. The van der Waals surface area contributed by atoms with E-state index >= 15 is 0 Å². The normalized spacial score (nSPS) is 11.6. The predicted octanol–water partition coefficient (Wildman–Crippen LogP) is 4.87. The molecule has 3 aromatic rings. The van der Waals surface area contributed by atoms with Crippen LogP contribution >= 0.6 is 0 Å². The molecule has 0 radical (unpaired) electrons. The lowest BCUT2D eigenvalue weighted by Crippen LogP contribution is -2.07. The maximum absolute atomic E-state index is 13.0. The van der Waals surface area contributed by atoms with Crippen molar-refractivity contribution in [2.24, 2.45) is 0 Å². The van der Waals surface area contributed by atoms with Gasteiger partial charge in [-0.05, 0) is 30.7 Å². The molecule has 3 rings (SSSR count). The van der Waals surface area contributed by atoms with E-state index in [1.165, 1.54) is 4.68 Å². The Morgan fingerprint density at radius 1 is 0.909 bits per heavy atom. The summed E-state index contributed by atoms with van der Waals surface area (Å²) in [5, 5.41) is 3.76. The number of halogens is 3. The van der Waals surface area contributed by atoms with Gasteiger partial charge < -0.3 is 0 Å². The summed E-state index contributed by atoms with van der Waals surface area (Å²) in [6.45, 7) is 1.89. The molecule has 0 atom stereocenters. The lowest BCUT2D eigenvalue weighted by Gasteiger charge is -2.08. The Labute approximate surface area is 125 Å². The highest BCUT2D eigenvalue weighted by molar-refractivity contribution is 5.63. The first-order valence-corrected chi connectivity index (χ1v) is 6.75. The molecule has 0 aliphatic rings. The molecule has 0 saturated carbocycles. The average molecular weight is 302 g/mol. The molecular weight excluding hydrogens is 289 g/mol. The fourth-order valence-corrected chi connectivity index (χ4v) is 2.29. The van der Waals surface area contributed by atoms with Crippen LogP contribution in [0.5, 0.6) is 0 Å². The highest BCUT2D eigenvalue weighted by Crippen LogP contribution is 2.33. The van der Waals surface area contributed by atoms with Crippen molar-refractivity contribution in [3.05, 3.63) is 71.9 Å². The van der Waals surface area contributed by atoms with E-state index in [4.69, 9.17) is 0 Å².